The van der Waals surface area contributed by atoms with Crippen LogP contribution in [0.2, 0.25) is 0 Å². The molecular weight excluding hydrogens is 474 g/mol. The number of ether oxygens (including phenoxy) is 2. The normalized spacial score (nSPS) is 15.4. The summed E-state index contributed by atoms with van der Waals surface area (Å²) in [4.78, 5) is 12.8. The van der Waals surface area contributed by atoms with Crippen LogP contribution in [-0.2, 0) is 14.8 Å². The minimum absolute atomic E-state index is 0.0218. The summed E-state index contributed by atoms with van der Waals surface area (Å²) in [6.45, 7) is 2.00. The van der Waals surface area contributed by atoms with E-state index >= 15 is 0 Å². The van der Waals surface area contributed by atoms with Crippen LogP contribution in [0.5, 0.6) is 11.5 Å². The van der Waals surface area contributed by atoms with Gasteiger partial charge in [-0.25, -0.2) is 8.42 Å². The summed E-state index contributed by atoms with van der Waals surface area (Å²) in [6, 6.07) is 8.59. The van der Waals surface area contributed by atoms with Crippen LogP contribution in [0.3, 0.4) is 0 Å². The number of anilines is 1. The number of methoxy groups -OCH3 is 2. The van der Waals surface area contributed by atoms with Gasteiger partial charge in [-0.05, 0) is 56.2 Å². The third-order valence-corrected chi connectivity index (χ3v) is 7.91. The number of furan rings is 1. The van der Waals surface area contributed by atoms with Crippen LogP contribution in [0.15, 0.2) is 50.4 Å². The number of rotatable bonds is 8. The van der Waals surface area contributed by atoms with E-state index in [2.05, 4.69) is 10.5 Å². The molecule has 1 fully saturated rings. The van der Waals surface area contributed by atoms with Gasteiger partial charge in [-0.2, -0.15) is 4.31 Å². The van der Waals surface area contributed by atoms with Crippen LogP contribution in [0, 0.1) is 12.8 Å². The first-order valence-corrected chi connectivity index (χ1v) is 12.5. The highest BCUT2D eigenvalue weighted by atomic mass is 32.2. The first-order chi connectivity index (χ1) is 16.8. The van der Waals surface area contributed by atoms with Gasteiger partial charge in [-0.3, -0.25) is 4.79 Å². The number of hydrogen-bond acceptors (Lipinski definition) is 8. The molecule has 35 heavy (non-hydrogen) atoms. The number of benzene rings is 1. The second-order valence-electron chi connectivity index (χ2n) is 8.05. The Morgan fingerprint density at radius 3 is 2.54 bits per heavy atom. The molecule has 0 spiro atoms. The van der Waals surface area contributed by atoms with Crippen molar-refractivity contribution in [2.24, 2.45) is 5.92 Å². The Morgan fingerprint density at radius 1 is 1.14 bits per heavy atom. The Morgan fingerprint density at radius 2 is 1.89 bits per heavy atom. The predicted octanol–water partition coefficient (Wildman–Crippen LogP) is 3.80. The molecule has 1 aliphatic rings. The molecule has 1 N–H and O–H groups in total. The highest BCUT2D eigenvalue weighted by Gasteiger charge is 2.36. The largest absolute Gasteiger partial charge is 0.493 e. The Hall–Kier alpha value is -3.57. The number of aromatic nitrogens is 1. The molecule has 1 aromatic carbocycles. The second-order valence-corrected chi connectivity index (χ2v) is 9.92. The second kappa shape index (κ2) is 10.4. The zero-order valence-corrected chi connectivity index (χ0v) is 20.5. The predicted molar refractivity (Wildman–Crippen MR) is 129 cm³/mol. The first kappa shape index (κ1) is 24.6. The van der Waals surface area contributed by atoms with Gasteiger partial charge in [0.15, 0.2) is 22.2 Å². The maximum Gasteiger partial charge on any atom is 0.248 e. The Bertz CT molecular complexity index is 1300. The summed E-state index contributed by atoms with van der Waals surface area (Å²) in [5, 5.41) is 6.73. The maximum atomic E-state index is 13.4. The van der Waals surface area contributed by atoms with Crippen LogP contribution < -0.4 is 14.8 Å². The SMILES string of the molecule is COc1ccc(NC(=O)C2CCN(S(=O)(=O)c3c(C)noc3/C=C/c3ccco3)CC2)cc1OC. The number of carbonyl (C=O) groups is 1. The van der Waals surface area contributed by atoms with Crippen molar-refractivity contribution in [3.8, 4) is 11.5 Å². The van der Waals surface area contributed by atoms with Crippen LogP contribution in [0.4, 0.5) is 5.69 Å². The van der Waals surface area contributed by atoms with E-state index in [1.807, 2.05) is 0 Å². The fourth-order valence-electron chi connectivity index (χ4n) is 3.99. The Labute approximate surface area is 203 Å². The third-order valence-electron chi connectivity index (χ3n) is 5.85. The molecule has 4 rings (SSSR count). The molecule has 186 valence electrons. The van der Waals surface area contributed by atoms with Gasteiger partial charge >= 0.3 is 0 Å². The smallest absolute Gasteiger partial charge is 0.248 e. The lowest BCUT2D eigenvalue weighted by atomic mass is 9.97. The van der Waals surface area contributed by atoms with Crippen molar-refractivity contribution in [1.82, 2.24) is 9.46 Å². The monoisotopic (exact) mass is 501 g/mol. The first-order valence-electron chi connectivity index (χ1n) is 11.0. The molecule has 0 saturated carbocycles. The minimum Gasteiger partial charge on any atom is -0.493 e. The molecule has 1 amide bonds. The van der Waals surface area contributed by atoms with Gasteiger partial charge in [-0.1, -0.05) is 5.16 Å². The topological polar surface area (TPSA) is 124 Å². The number of amides is 1. The molecule has 0 aliphatic carbocycles. The maximum absolute atomic E-state index is 13.4. The van der Waals surface area contributed by atoms with Crippen molar-refractivity contribution in [3.63, 3.8) is 0 Å². The molecule has 11 heteroatoms. The number of nitrogens with zero attached hydrogens (tertiary/aromatic N) is 2. The van der Waals surface area contributed by atoms with Crippen LogP contribution in [-0.4, -0.2) is 51.1 Å². The van der Waals surface area contributed by atoms with E-state index < -0.39 is 10.0 Å². The zero-order valence-electron chi connectivity index (χ0n) is 19.7. The van der Waals surface area contributed by atoms with E-state index in [-0.39, 0.29) is 41.3 Å². The average molecular weight is 502 g/mol. The lowest BCUT2D eigenvalue weighted by molar-refractivity contribution is -0.120. The lowest BCUT2D eigenvalue weighted by Gasteiger charge is -2.30. The highest BCUT2D eigenvalue weighted by molar-refractivity contribution is 7.89. The van der Waals surface area contributed by atoms with Crippen LogP contribution in [0.25, 0.3) is 12.2 Å². The fourth-order valence-corrected chi connectivity index (χ4v) is 5.71. The number of sulfonamides is 1. The van der Waals surface area contributed by atoms with Gasteiger partial charge in [0, 0.05) is 30.8 Å². The van der Waals surface area contributed by atoms with E-state index in [1.54, 1.807) is 43.3 Å². The van der Waals surface area contributed by atoms with E-state index in [0.717, 1.165) is 0 Å². The van der Waals surface area contributed by atoms with E-state index in [4.69, 9.17) is 18.4 Å². The van der Waals surface area contributed by atoms with E-state index in [9.17, 15) is 13.2 Å². The molecule has 1 saturated heterocycles. The quantitative estimate of drug-likeness (QED) is 0.494. The van der Waals surface area contributed by atoms with Crippen molar-refractivity contribution < 1.29 is 31.6 Å². The number of carbonyl (C=O) groups excluding carboxylic acids is 1. The van der Waals surface area contributed by atoms with Crippen molar-refractivity contribution in [1.29, 1.82) is 0 Å². The highest BCUT2D eigenvalue weighted by Crippen LogP contribution is 2.32. The van der Waals surface area contributed by atoms with Gasteiger partial charge in [0.05, 0.1) is 20.5 Å². The van der Waals surface area contributed by atoms with Gasteiger partial charge in [0.2, 0.25) is 15.9 Å². The summed E-state index contributed by atoms with van der Waals surface area (Å²) in [6.07, 6.45) is 5.44. The number of aryl methyl sites for hydroxylation is 1. The number of hydrogen-bond donors (Lipinski definition) is 1. The van der Waals surface area contributed by atoms with Gasteiger partial charge in [0.25, 0.3) is 0 Å². The van der Waals surface area contributed by atoms with Crippen molar-refractivity contribution in [2.45, 2.75) is 24.7 Å². The Balaban J connectivity index is 1.42. The molecular formula is C24H27N3O7S. The Kier molecular flexibility index (Phi) is 7.27. The van der Waals surface area contributed by atoms with Crippen molar-refractivity contribution in [2.75, 3.05) is 32.6 Å². The molecule has 3 aromatic rings. The minimum atomic E-state index is -3.86. The summed E-state index contributed by atoms with van der Waals surface area (Å²) < 4.78 is 49.2. The molecule has 0 radical (unpaired) electrons. The summed E-state index contributed by atoms with van der Waals surface area (Å²) in [7, 11) is -0.801. The van der Waals surface area contributed by atoms with E-state index in [1.165, 1.54) is 30.9 Å². The molecule has 0 bridgehead atoms. The summed E-state index contributed by atoms with van der Waals surface area (Å²) in [5.41, 5.74) is 0.855. The van der Waals surface area contributed by atoms with Crippen molar-refractivity contribution in [3.05, 3.63) is 53.8 Å². The molecule has 0 unspecified atom stereocenters. The molecule has 0 atom stereocenters. The van der Waals surface area contributed by atoms with Gasteiger partial charge < -0.3 is 23.7 Å². The van der Waals surface area contributed by atoms with E-state index in [0.29, 0.717) is 35.8 Å². The third kappa shape index (κ3) is 5.25. The fraction of sp³-hybridized carbons (Fsp3) is 0.333. The number of piperidine rings is 1. The van der Waals surface area contributed by atoms with Crippen molar-refractivity contribution >= 4 is 33.8 Å². The summed E-state index contributed by atoms with van der Waals surface area (Å²) >= 11 is 0. The standard InChI is InChI=1S/C24H27N3O7S/c1-16-23(21(34-26-16)9-7-19-5-4-14-33-19)35(29,30)27-12-10-17(11-13-27)24(28)25-18-6-8-20(31-2)22(15-18)32-3/h4-9,14-15,17H,10-13H2,1-3H3,(H,25,28)/b9-7+. The van der Waals surface area contributed by atoms with Crippen LogP contribution >= 0.6 is 0 Å². The molecule has 1 aliphatic heterocycles. The van der Waals surface area contributed by atoms with Gasteiger partial charge in [0.1, 0.15) is 11.5 Å². The van der Waals surface area contributed by atoms with Crippen LogP contribution in [0.1, 0.15) is 30.1 Å². The molecule has 3 heterocycles. The molecule has 2 aromatic heterocycles. The van der Waals surface area contributed by atoms with Gasteiger partial charge in [-0.15, -0.1) is 0 Å². The number of nitrogens with one attached hydrogen (secondary N) is 1. The molecule has 10 nitrogen and oxygen atoms in total. The zero-order chi connectivity index (χ0) is 25.0. The summed E-state index contributed by atoms with van der Waals surface area (Å²) in [5.74, 6) is 1.27. The lowest BCUT2D eigenvalue weighted by Crippen LogP contribution is -2.41. The average Bonchev–Trinajstić information content (AvgIpc) is 3.52.